The standard InChI is InChI=1S/C18H24N6/c1-4-10-24(11-5-1)18-20-9-7-17(21-18)23-14-12-22(13-15-23)16-6-2-3-8-19-16/h2-3,6-9H,1,4-5,10-15H2. The number of aromatic nitrogens is 3. The number of rotatable bonds is 3. The van der Waals surface area contributed by atoms with E-state index in [9.17, 15) is 0 Å². The molecule has 0 bridgehead atoms. The zero-order valence-electron chi connectivity index (χ0n) is 14.0. The van der Waals surface area contributed by atoms with Crippen LogP contribution in [0.2, 0.25) is 0 Å². The second kappa shape index (κ2) is 7.03. The third-order valence-corrected chi connectivity index (χ3v) is 4.84. The predicted molar refractivity (Wildman–Crippen MR) is 96.8 cm³/mol. The lowest BCUT2D eigenvalue weighted by Crippen LogP contribution is -2.47. The van der Waals surface area contributed by atoms with Crippen LogP contribution in [0.4, 0.5) is 17.6 Å². The van der Waals surface area contributed by atoms with Gasteiger partial charge in [0.25, 0.3) is 0 Å². The minimum Gasteiger partial charge on any atom is -0.353 e. The van der Waals surface area contributed by atoms with Crippen molar-refractivity contribution in [2.45, 2.75) is 19.3 Å². The van der Waals surface area contributed by atoms with Gasteiger partial charge in [0.2, 0.25) is 5.95 Å². The molecule has 6 nitrogen and oxygen atoms in total. The van der Waals surface area contributed by atoms with Crippen LogP contribution in [0.5, 0.6) is 0 Å². The highest BCUT2D eigenvalue weighted by Gasteiger charge is 2.20. The number of piperidine rings is 1. The van der Waals surface area contributed by atoms with Gasteiger partial charge >= 0.3 is 0 Å². The fraction of sp³-hybridized carbons (Fsp3) is 0.500. The summed E-state index contributed by atoms with van der Waals surface area (Å²) < 4.78 is 0. The molecule has 6 heteroatoms. The van der Waals surface area contributed by atoms with E-state index < -0.39 is 0 Å². The van der Waals surface area contributed by atoms with Gasteiger partial charge in [-0.1, -0.05) is 6.07 Å². The van der Waals surface area contributed by atoms with Crippen LogP contribution < -0.4 is 14.7 Å². The van der Waals surface area contributed by atoms with Crippen LogP contribution in [0.1, 0.15) is 19.3 Å². The molecule has 0 atom stereocenters. The summed E-state index contributed by atoms with van der Waals surface area (Å²) in [6.45, 7) is 6.04. The molecule has 0 N–H and O–H groups in total. The van der Waals surface area contributed by atoms with E-state index in [1.807, 2.05) is 30.6 Å². The Labute approximate surface area is 143 Å². The first-order chi connectivity index (χ1) is 11.9. The number of hydrogen-bond donors (Lipinski definition) is 0. The van der Waals surface area contributed by atoms with Gasteiger partial charge in [-0.05, 0) is 37.5 Å². The van der Waals surface area contributed by atoms with Crippen molar-refractivity contribution in [3.63, 3.8) is 0 Å². The molecule has 4 rings (SSSR count). The quantitative estimate of drug-likeness (QED) is 0.862. The molecular formula is C18H24N6. The molecule has 2 saturated heterocycles. The summed E-state index contributed by atoms with van der Waals surface area (Å²) >= 11 is 0. The maximum Gasteiger partial charge on any atom is 0.227 e. The third-order valence-electron chi connectivity index (χ3n) is 4.84. The Morgan fingerprint density at radius 1 is 0.625 bits per heavy atom. The lowest BCUT2D eigenvalue weighted by Gasteiger charge is -2.36. The molecule has 0 spiro atoms. The summed E-state index contributed by atoms with van der Waals surface area (Å²) in [5.41, 5.74) is 0. The second-order valence-electron chi connectivity index (χ2n) is 6.42. The van der Waals surface area contributed by atoms with Gasteiger partial charge in [0, 0.05) is 51.7 Å². The summed E-state index contributed by atoms with van der Waals surface area (Å²) in [5.74, 6) is 3.00. The number of pyridine rings is 1. The van der Waals surface area contributed by atoms with E-state index in [1.165, 1.54) is 19.3 Å². The molecule has 0 unspecified atom stereocenters. The van der Waals surface area contributed by atoms with E-state index >= 15 is 0 Å². The van der Waals surface area contributed by atoms with Crippen LogP contribution in [0.3, 0.4) is 0 Å². The van der Waals surface area contributed by atoms with Gasteiger partial charge < -0.3 is 14.7 Å². The lowest BCUT2D eigenvalue weighted by atomic mass is 10.1. The molecule has 0 amide bonds. The highest BCUT2D eigenvalue weighted by Crippen LogP contribution is 2.21. The number of anilines is 3. The topological polar surface area (TPSA) is 48.4 Å². The van der Waals surface area contributed by atoms with Gasteiger partial charge in [0.1, 0.15) is 11.6 Å². The monoisotopic (exact) mass is 324 g/mol. The van der Waals surface area contributed by atoms with Gasteiger partial charge in [-0.15, -0.1) is 0 Å². The summed E-state index contributed by atoms with van der Waals surface area (Å²) in [4.78, 5) is 20.8. The highest BCUT2D eigenvalue weighted by molar-refractivity contribution is 5.47. The van der Waals surface area contributed by atoms with Crippen molar-refractivity contribution in [2.24, 2.45) is 0 Å². The van der Waals surface area contributed by atoms with E-state index in [2.05, 4.69) is 30.7 Å². The van der Waals surface area contributed by atoms with Crippen molar-refractivity contribution in [2.75, 3.05) is 54.0 Å². The van der Waals surface area contributed by atoms with E-state index in [-0.39, 0.29) is 0 Å². The molecule has 2 aliphatic heterocycles. The van der Waals surface area contributed by atoms with Gasteiger partial charge in [-0.25, -0.2) is 9.97 Å². The third kappa shape index (κ3) is 3.27. The summed E-state index contributed by atoms with van der Waals surface area (Å²) in [5, 5.41) is 0. The molecule has 0 radical (unpaired) electrons. The van der Waals surface area contributed by atoms with Crippen LogP contribution in [0.15, 0.2) is 36.7 Å². The van der Waals surface area contributed by atoms with Gasteiger partial charge in [0.15, 0.2) is 0 Å². The van der Waals surface area contributed by atoms with Crippen LogP contribution in [0, 0.1) is 0 Å². The van der Waals surface area contributed by atoms with Crippen LogP contribution in [-0.2, 0) is 0 Å². The summed E-state index contributed by atoms with van der Waals surface area (Å²) in [7, 11) is 0. The number of nitrogens with zero attached hydrogens (tertiary/aromatic N) is 6. The van der Waals surface area contributed by atoms with E-state index in [0.717, 1.165) is 56.9 Å². The van der Waals surface area contributed by atoms with Gasteiger partial charge in [-0.2, -0.15) is 4.98 Å². The van der Waals surface area contributed by atoms with Crippen LogP contribution in [0.25, 0.3) is 0 Å². The zero-order valence-corrected chi connectivity index (χ0v) is 14.0. The first kappa shape index (κ1) is 15.2. The SMILES string of the molecule is c1ccc(N2CCN(c3ccnc(N4CCCCC4)n3)CC2)nc1. The second-order valence-corrected chi connectivity index (χ2v) is 6.42. The normalized spacial score (nSPS) is 18.8. The largest absolute Gasteiger partial charge is 0.353 e. The Bertz CT molecular complexity index is 648. The average Bonchev–Trinajstić information content (AvgIpc) is 2.70. The van der Waals surface area contributed by atoms with Gasteiger partial charge in [0.05, 0.1) is 0 Å². The molecule has 0 saturated carbocycles. The van der Waals surface area contributed by atoms with Crippen molar-refractivity contribution in [1.82, 2.24) is 15.0 Å². The smallest absolute Gasteiger partial charge is 0.227 e. The first-order valence-electron chi connectivity index (χ1n) is 8.89. The van der Waals surface area contributed by atoms with E-state index in [4.69, 9.17) is 4.98 Å². The Balaban J connectivity index is 1.42. The maximum absolute atomic E-state index is 4.82. The van der Waals surface area contributed by atoms with Crippen molar-refractivity contribution < 1.29 is 0 Å². The van der Waals surface area contributed by atoms with Crippen molar-refractivity contribution in [1.29, 1.82) is 0 Å². The Morgan fingerprint density at radius 2 is 1.38 bits per heavy atom. The van der Waals surface area contributed by atoms with Crippen LogP contribution >= 0.6 is 0 Å². The molecule has 2 aliphatic rings. The molecule has 126 valence electrons. The van der Waals surface area contributed by atoms with Gasteiger partial charge in [-0.3, -0.25) is 0 Å². The Morgan fingerprint density at radius 3 is 2.08 bits per heavy atom. The average molecular weight is 324 g/mol. The summed E-state index contributed by atoms with van der Waals surface area (Å²) in [6.07, 6.45) is 7.58. The predicted octanol–water partition coefficient (Wildman–Crippen LogP) is 2.19. The van der Waals surface area contributed by atoms with E-state index in [0.29, 0.717) is 0 Å². The minimum atomic E-state index is 0.888. The maximum atomic E-state index is 4.82. The van der Waals surface area contributed by atoms with Crippen LogP contribution in [-0.4, -0.2) is 54.2 Å². The first-order valence-corrected chi connectivity index (χ1v) is 8.89. The molecule has 2 aromatic heterocycles. The molecule has 4 heterocycles. The summed E-state index contributed by atoms with van der Waals surface area (Å²) in [6, 6.07) is 8.12. The highest BCUT2D eigenvalue weighted by atomic mass is 15.3. The minimum absolute atomic E-state index is 0.888. The lowest BCUT2D eigenvalue weighted by molar-refractivity contribution is 0.567. The fourth-order valence-corrected chi connectivity index (χ4v) is 3.47. The molecule has 24 heavy (non-hydrogen) atoms. The molecule has 0 aliphatic carbocycles. The molecule has 0 aromatic carbocycles. The fourth-order valence-electron chi connectivity index (χ4n) is 3.47. The Kier molecular flexibility index (Phi) is 4.44. The zero-order chi connectivity index (χ0) is 16.2. The Hall–Kier alpha value is -2.37. The van der Waals surface area contributed by atoms with Crippen molar-refractivity contribution in [3.8, 4) is 0 Å². The van der Waals surface area contributed by atoms with Crippen molar-refractivity contribution in [3.05, 3.63) is 36.7 Å². The number of hydrogen-bond acceptors (Lipinski definition) is 6. The number of piperazine rings is 1. The molecule has 2 fully saturated rings. The molecule has 2 aromatic rings. The molecular weight excluding hydrogens is 300 g/mol. The van der Waals surface area contributed by atoms with Crippen molar-refractivity contribution >= 4 is 17.6 Å². The van der Waals surface area contributed by atoms with E-state index in [1.54, 1.807) is 0 Å².